The minimum Gasteiger partial charge on any atom is -0.390 e. The third-order valence-corrected chi connectivity index (χ3v) is 3.68. The minimum atomic E-state index is -0.614. The van der Waals surface area contributed by atoms with Gasteiger partial charge in [-0.15, -0.1) is 0 Å². The number of carbonyl (C=O) groups is 1. The summed E-state index contributed by atoms with van der Waals surface area (Å²) in [6.45, 7) is 7.24. The van der Waals surface area contributed by atoms with Gasteiger partial charge in [-0.2, -0.15) is 0 Å². The zero-order chi connectivity index (χ0) is 13.3. The smallest absolute Gasteiger partial charge is 0.270 e. The number of aromatic nitrogens is 1. The van der Waals surface area contributed by atoms with Gasteiger partial charge in [-0.25, -0.2) is 0 Å². The van der Waals surface area contributed by atoms with Crippen LogP contribution in [0.4, 0.5) is 0 Å². The molecule has 0 unspecified atom stereocenters. The highest BCUT2D eigenvalue weighted by Gasteiger charge is 2.30. The van der Waals surface area contributed by atoms with Crippen molar-refractivity contribution in [3.05, 3.63) is 24.0 Å². The first kappa shape index (κ1) is 13.1. The van der Waals surface area contributed by atoms with Crippen LogP contribution in [0.3, 0.4) is 0 Å². The second-order valence-electron chi connectivity index (χ2n) is 5.68. The average molecular weight is 250 g/mol. The molecule has 1 aliphatic rings. The van der Waals surface area contributed by atoms with E-state index in [1.54, 1.807) is 0 Å². The van der Waals surface area contributed by atoms with E-state index >= 15 is 0 Å². The number of likely N-dealkylation sites (tertiary alicyclic amines) is 1. The summed E-state index contributed by atoms with van der Waals surface area (Å²) >= 11 is 0. The lowest BCUT2D eigenvalue weighted by atomic mass is 9.94. The van der Waals surface area contributed by atoms with Crippen LogP contribution in [0, 0.1) is 0 Å². The molecule has 1 fully saturated rings. The lowest BCUT2D eigenvalue weighted by molar-refractivity contribution is -0.00235. The normalized spacial score (nSPS) is 19.3. The zero-order valence-corrected chi connectivity index (χ0v) is 11.4. The second-order valence-corrected chi connectivity index (χ2v) is 5.68. The van der Waals surface area contributed by atoms with E-state index in [-0.39, 0.29) is 11.9 Å². The fourth-order valence-corrected chi connectivity index (χ4v) is 2.38. The van der Waals surface area contributed by atoms with E-state index < -0.39 is 5.60 Å². The molecular weight excluding hydrogens is 228 g/mol. The molecule has 4 nitrogen and oxygen atoms in total. The van der Waals surface area contributed by atoms with Crippen LogP contribution in [0.5, 0.6) is 0 Å². The highest BCUT2D eigenvalue weighted by molar-refractivity contribution is 5.92. The van der Waals surface area contributed by atoms with Crippen LogP contribution in [0.15, 0.2) is 18.3 Å². The Morgan fingerprint density at radius 3 is 2.56 bits per heavy atom. The molecule has 0 bridgehead atoms. The van der Waals surface area contributed by atoms with Crippen molar-refractivity contribution >= 4 is 5.91 Å². The molecule has 0 aromatic carbocycles. The maximum atomic E-state index is 12.4. The van der Waals surface area contributed by atoms with Gasteiger partial charge in [-0.05, 0) is 45.7 Å². The van der Waals surface area contributed by atoms with E-state index in [0.717, 1.165) is 5.69 Å². The predicted octanol–water partition coefficient (Wildman–Crippen LogP) is 2.06. The lowest BCUT2D eigenvalue weighted by Crippen LogP contribution is -2.45. The van der Waals surface area contributed by atoms with E-state index in [0.29, 0.717) is 25.9 Å². The number of piperidine rings is 1. The molecule has 100 valence electrons. The van der Waals surface area contributed by atoms with E-state index in [4.69, 9.17) is 0 Å². The van der Waals surface area contributed by atoms with Crippen LogP contribution in [0.1, 0.15) is 50.1 Å². The van der Waals surface area contributed by atoms with Gasteiger partial charge in [0.25, 0.3) is 5.91 Å². The first-order valence-corrected chi connectivity index (χ1v) is 6.59. The Hall–Kier alpha value is -1.29. The van der Waals surface area contributed by atoms with E-state index in [1.807, 2.05) is 34.7 Å². The molecule has 1 aliphatic heterocycles. The summed E-state index contributed by atoms with van der Waals surface area (Å²) in [6, 6.07) is 4.06. The molecule has 4 heteroatoms. The Bertz CT molecular complexity index is 425. The highest BCUT2D eigenvalue weighted by Crippen LogP contribution is 2.23. The predicted molar refractivity (Wildman–Crippen MR) is 70.6 cm³/mol. The summed E-state index contributed by atoms with van der Waals surface area (Å²) < 4.78 is 2.00. The van der Waals surface area contributed by atoms with Crippen molar-refractivity contribution in [3.63, 3.8) is 0 Å². The fourth-order valence-electron chi connectivity index (χ4n) is 2.38. The van der Waals surface area contributed by atoms with Gasteiger partial charge in [0.2, 0.25) is 0 Å². The van der Waals surface area contributed by atoms with E-state index in [1.165, 1.54) is 0 Å². The van der Waals surface area contributed by atoms with Gasteiger partial charge in [-0.3, -0.25) is 4.79 Å². The molecule has 1 saturated heterocycles. The molecule has 0 atom stereocenters. The minimum absolute atomic E-state index is 0.0733. The zero-order valence-electron chi connectivity index (χ0n) is 11.4. The summed E-state index contributed by atoms with van der Waals surface area (Å²) in [5.41, 5.74) is 0.128. The molecular formula is C14H22N2O2. The van der Waals surface area contributed by atoms with Crippen molar-refractivity contribution in [3.8, 4) is 0 Å². The molecule has 2 heterocycles. The molecule has 1 amide bonds. The molecule has 2 rings (SSSR count). The summed E-state index contributed by atoms with van der Waals surface area (Å²) in [5, 5.41) is 9.90. The second kappa shape index (κ2) is 4.76. The molecule has 0 saturated carbocycles. The standard InChI is InChI=1S/C14H22N2O2/c1-11(2)16-8-4-5-12(16)13(17)15-9-6-14(3,18)7-10-15/h4-5,8,11,18H,6-7,9-10H2,1-3H3. The Labute approximate surface area is 108 Å². The van der Waals surface area contributed by atoms with Crippen LogP contribution in [-0.2, 0) is 0 Å². The Kier molecular flexibility index (Phi) is 3.48. The molecule has 0 spiro atoms. The van der Waals surface area contributed by atoms with Crippen LogP contribution in [0.25, 0.3) is 0 Å². The fraction of sp³-hybridized carbons (Fsp3) is 0.643. The molecule has 0 radical (unpaired) electrons. The molecule has 0 aliphatic carbocycles. The number of hydrogen-bond donors (Lipinski definition) is 1. The quantitative estimate of drug-likeness (QED) is 0.873. The number of nitrogens with zero attached hydrogens (tertiary/aromatic N) is 2. The summed E-state index contributed by atoms with van der Waals surface area (Å²) in [7, 11) is 0. The summed E-state index contributed by atoms with van der Waals surface area (Å²) in [6.07, 6.45) is 3.25. The largest absolute Gasteiger partial charge is 0.390 e. The number of hydrogen-bond acceptors (Lipinski definition) is 2. The van der Waals surface area contributed by atoms with Gasteiger partial charge in [0.05, 0.1) is 5.60 Å². The van der Waals surface area contributed by atoms with Gasteiger partial charge in [0.15, 0.2) is 0 Å². The Morgan fingerprint density at radius 2 is 2.00 bits per heavy atom. The maximum absolute atomic E-state index is 12.4. The maximum Gasteiger partial charge on any atom is 0.270 e. The topological polar surface area (TPSA) is 45.5 Å². The highest BCUT2D eigenvalue weighted by atomic mass is 16.3. The van der Waals surface area contributed by atoms with Crippen molar-refractivity contribution in [2.24, 2.45) is 0 Å². The van der Waals surface area contributed by atoms with Gasteiger partial charge in [0, 0.05) is 25.3 Å². The summed E-state index contributed by atoms with van der Waals surface area (Å²) in [5.74, 6) is 0.0733. The van der Waals surface area contributed by atoms with Crippen LogP contribution in [-0.4, -0.2) is 39.2 Å². The average Bonchev–Trinajstić information content (AvgIpc) is 2.77. The molecule has 1 N–H and O–H groups in total. The third kappa shape index (κ3) is 2.58. The van der Waals surface area contributed by atoms with Crippen molar-refractivity contribution in [2.45, 2.75) is 45.3 Å². The van der Waals surface area contributed by atoms with Crippen molar-refractivity contribution in [2.75, 3.05) is 13.1 Å². The van der Waals surface area contributed by atoms with Crippen LogP contribution in [0.2, 0.25) is 0 Å². The van der Waals surface area contributed by atoms with Crippen LogP contribution >= 0.6 is 0 Å². The number of aliphatic hydroxyl groups is 1. The van der Waals surface area contributed by atoms with Gasteiger partial charge < -0.3 is 14.6 Å². The Morgan fingerprint density at radius 1 is 1.39 bits per heavy atom. The molecule has 1 aromatic heterocycles. The van der Waals surface area contributed by atoms with Crippen LogP contribution < -0.4 is 0 Å². The number of rotatable bonds is 2. The molecule has 18 heavy (non-hydrogen) atoms. The Balaban J connectivity index is 2.10. The van der Waals surface area contributed by atoms with Gasteiger partial charge >= 0.3 is 0 Å². The van der Waals surface area contributed by atoms with E-state index in [9.17, 15) is 9.90 Å². The lowest BCUT2D eigenvalue weighted by Gasteiger charge is -2.36. The van der Waals surface area contributed by atoms with Crippen molar-refractivity contribution in [1.82, 2.24) is 9.47 Å². The van der Waals surface area contributed by atoms with Crippen molar-refractivity contribution < 1.29 is 9.90 Å². The monoisotopic (exact) mass is 250 g/mol. The van der Waals surface area contributed by atoms with E-state index in [2.05, 4.69) is 13.8 Å². The SMILES string of the molecule is CC(C)n1cccc1C(=O)N1CCC(C)(O)CC1. The van der Waals surface area contributed by atoms with Gasteiger partial charge in [0.1, 0.15) is 5.69 Å². The number of carbonyl (C=O) groups excluding carboxylic acids is 1. The van der Waals surface area contributed by atoms with Gasteiger partial charge in [-0.1, -0.05) is 0 Å². The summed E-state index contributed by atoms with van der Waals surface area (Å²) in [4.78, 5) is 14.3. The molecule has 1 aromatic rings. The third-order valence-electron chi connectivity index (χ3n) is 3.68. The first-order valence-electron chi connectivity index (χ1n) is 6.59. The first-order chi connectivity index (χ1) is 8.41. The van der Waals surface area contributed by atoms with Crippen molar-refractivity contribution in [1.29, 1.82) is 0 Å². The number of amides is 1.